The molecule has 0 unspecified atom stereocenters. The highest BCUT2D eigenvalue weighted by molar-refractivity contribution is 5.99. The van der Waals surface area contributed by atoms with E-state index >= 15 is 0 Å². The first-order valence-electron chi connectivity index (χ1n) is 14.6. The minimum atomic E-state index is -0.305. The summed E-state index contributed by atoms with van der Waals surface area (Å²) in [6.07, 6.45) is 14.4. The van der Waals surface area contributed by atoms with Gasteiger partial charge in [-0.05, 0) is 97.0 Å². The third-order valence-electron chi connectivity index (χ3n) is 6.89. The van der Waals surface area contributed by atoms with Crippen LogP contribution in [0.3, 0.4) is 0 Å². The van der Waals surface area contributed by atoms with Gasteiger partial charge < -0.3 is 14.2 Å². The molecule has 206 valence electrons. The quantitative estimate of drug-likeness (QED) is 0.0686. The van der Waals surface area contributed by atoms with Crippen molar-refractivity contribution in [2.24, 2.45) is 0 Å². The number of hydrogen-bond acceptors (Lipinski definition) is 4. The molecular formula is C34H46O4. The highest BCUT2D eigenvalue weighted by Crippen LogP contribution is 2.29. The molecule has 0 saturated heterocycles. The molecule has 0 atom stereocenters. The fourth-order valence-corrected chi connectivity index (χ4v) is 4.59. The summed E-state index contributed by atoms with van der Waals surface area (Å²) in [5.74, 6) is 1.55. The summed E-state index contributed by atoms with van der Waals surface area (Å²) in [5.41, 5.74) is 0.449. The second kappa shape index (κ2) is 16.8. The lowest BCUT2D eigenvalue weighted by atomic mass is 10.0. The van der Waals surface area contributed by atoms with E-state index in [-0.39, 0.29) is 5.97 Å². The lowest BCUT2D eigenvalue weighted by molar-refractivity contribution is -0.139. The second-order valence-corrected chi connectivity index (χ2v) is 10.4. The van der Waals surface area contributed by atoms with Gasteiger partial charge in [-0.15, -0.1) is 0 Å². The van der Waals surface area contributed by atoms with Crippen LogP contribution < -0.4 is 9.47 Å². The maximum Gasteiger partial charge on any atom is 0.333 e. The number of fused-ring (bicyclic) bond motifs is 2. The van der Waals surface area contributed by atoms with Crippen LogP contribution in [0.5, 0.6) is 11.5 Å². The third kappa shape index (κ3) is 10.4. The Kier molecular flexibility index (Phi) is 13.0. The van der Waals surface area contributed by atoms with E-state index in [2.05, 4.69) is 56.0 Å². The monoisotopic (exact) mass is 518 g/mol. The van der Waals surface area contributed by atoms with Crippen LogP contribution in [0.15, 0.2) is 60.7 Å². The third-order valence-corrected chi connectivity index (χ3v) is 6.89. The van der Waals surface area contributed by atoms with Crippen molar-refractivity contribution in [3.05, 3.63) is 60.7 Å². The molecule has 0 aliphatic heterocycles. The molecule has 0 radical (unpaired) electrons. The summed E-state index contributed by atoms with van der Waals surface area (Å²) in [6.45, 7) is 9.45. The average Bonchev–Trinajstić information content (AvgIpc) is 2.92. The van der Waals surface area contributed by atoms with Crippen LogP contribution in [-0.2, 0) is 9.53 Å². The highest BCUT2D eigenvalue weighted by atomic mass is 16.5. The molecule has 3 rings (SSSR count). The Bertz CT molecular complexity index is 1150. The molecule has 0 N–H and O–H groups in total. The van der Waals surface area contributed by atoms with Gasteiger partial charge in [0.15, 0.2) is 0 Å². The number of rotatable bonds is 19. The van der Waals surface area contributed by atoms with Gasteiger partial charge in [0, 0.05) is 5.57 Å². The van der Waals surface area contributed by atoms with E-state index in [9.17, 15) is 4.79 Å². The first-order valence-corrected chi connectivity index (χ1v) is 14.6. The van der Waals surface area contributed by atoms with Crippen molar-refractivity contribution in [3.63, 3.8) is 0 Å². The summed E-state index contributed by atoms with van der Waals surface area (Å²) in [6, 6.07) is 17.2. The summed E-state index contributed by atoms with van der Waals surface area (Å²) in [4.78, 5) is 11.4. The van der Waals surface area contributed by atoms with Crippen LogP contribution in [0.2, 0.25) is 0 Å². The Balaban J connectivity index is 1.38. The van der Waals surface area contributed by atoms with Gasteiger partial charge >= 0.3 is 5.97 Å². The van der Waals surface area contributed by atoms with Crippen molar-refractivity contribution in [2.75, 3.05) is 19.8 Å². The molecule has 4 heteroatoms. The normalized spacial score (nSPS) is 11.1. The molecule has 3 aromatic carbocycles. The molecule has 0 fully saturated rings. The van der Waals surface area contributed by atoms with E-state index in [1.54, 1.807) is 6.92 Å². The van der Waals surface area contributed by atoms with Crippen LogP contribution in [0.1, 0.15) is 90.9 Å². The van der Waals surface area contributed by atoms with Gasteiger partial charge in [-0.25, -0.2) is 4.79 Å². The van der Waals surface area contributed by atoms with Gasteiger partial charge in [-0.3, -0.25) is 0 Å². The van der Waals surface area contributed by atoms with Crippen LogP contribution in [-0.4, -0.2) is 25.8 Å². The fourth-order valence-electron chi connectivity index (χ4n) is 4.59. The molecule has 0 bridgehead atoms. The van der Waals surface area contributed by atoms with E-state index < -0.39 is 0 Å². The second-order valence-electron chi connectivity index (χ2n) is 10.4. The highest BCUT2D eigenvalue weighted by Gasteiger charge is 2.04. The first kappa shape index (κ1) is 29.5. The molecule has 4 nitrogen and oxygen atoms in total. The van der Waals surface area contributed by atoms with E-state index in [1.165, 1.54) is 66.5 Å². The van der Waals surface area contributed by atoms with Crippen molar-refractivity contribution >= 4 is 27.5 Å². The Morgan fingerprint density at radius 2 is 1.05 bits per heavy atom. The summed E-state index contributed by atoms with van der Waals surface area (Å²) >= 11 is 0. The number of benzene rings is 3. The maximum atomic E-state index is 11.4. The number of unbranched alkanes of at least 4 members (excludes halogenated alkanes) is 10. The molecule has 0 amide bonds. The van der Waals surface area contributed by atoms with Crippen molar-refractivity contribution in [2.45, 2.75) is 90.9 Å². The number of ether oxygens (including phenoxy) is 3. The largest absolute Gasteiger partial charge is 0.494 e. The van der Waals surface area contributed by atoms with Gasteiger partial charge in [0.2, 0.25) is 0 Å². The van der Waals surface area contributed by atoms with Crippen molar-refractivity contribution in [3.8, 4) is 11.5 Å². The van der Waals surface area contributed by atoms with Crippen molar-refractivity contribution in [1.82, 2.24) is 0 Å². The Labute approximate surface area is 229 Å². The molecule has 0 saturated carbocycles. The Hall–Kier alpha value is -3.01. The number of carbonyl (C=O) groups excluding carboxylic acids is 1. The summed E-state index contributed by atoms with van der Waals surface area (Å²) < 4.78 is 17.2. The van der Waals surface area contributed by atoms with Crippen LogP contribution in [0.4, 0.5) is 0 Å². The molecule has 0 heterocycles. The van der Waals surface area contributed by atoms with E-state index in [0.717, 1.165) is 50.2 Å². The molecular weight excluding hydrogens is 472 g/mol. The van der Waals surface area contributed by atoms with Crippen LogP contribution in [0.25, 0.3) is 21.5 Å². The van der Waals surface area contributed by atoms with Gasteiger partial charge in [0.25, 0.3) is 0 Å². The smallest absolute Gasteiger partial charge is 0.333 e. The molecule has 0 aliphatic carbocycles. The predicted molar refractivity (Wildman–Crippen MR) is 159 cm³/mol. The topological polar surface area (TPSA) is 44.8 Å². The molecule has 3 aromatic rings. The van der Waals surface area contributed by atoms with Gasteiger partial charge in [-0.1, -0.05) is 70.6 Å². The van der Waals surface area contributed by atoms with E-state index in [4.69, 9.17) is 14.2 Å². The van der Waals surface area contributed by atoms with Crippen LogP contribution in [0, 0.1) is 0 Å². The molecule has 0 aromatic heterocycles. The minimum absolute atomic E-state index is 0.305. The van der Waals surface area contributed by atoms with Gasteiger partial charge in [-0.2, -0.15) is 0 Å². The van der Waals surface area contributed by atoms with Crippen molar-refractivity contribution in [1.29, 1.82) is 0 Å². The number of carbonyl (C=O) groups is 1. The average molecular weight is 519 g/mol. The van der Waals surface area contributed by atoms with Gasteiger partial charge in [0.05, 0.1) is 19.8 Å². The van der Waals surface area contributed by atoms with E-state index in [0.29, 0.717) is 18.8 Å². The predicted octanol–water partition coefficient (Wildman–Crippen LogP) is 9.57. The van der Waals surface area contributed by atoms with Gasteiger partial charge in [0.1, 0.15) is 11.5 Å². The SMILES string of the molecule is C=C(C)C(=O)OCCCCCCOc1ccc2cc3cc(OCCCCCCCCCC)ccc3cc2c1. The number of hydrogen-bond donors (Lipinski definition) is 0. The van der Waals surface area contributed by atoms with Crippen LogP contribution >= 0.6 is 0 Å². The first-order chi connectivity index (χ1) is 18.6. The zero-order chi connectivity index (χ0) is 27.0. The minimum Gasteiger partial charge on any atom is -0.494 e. The standard InChI is InChI=1S/C34H46O4/c1-4-5-6-7-8-9-10-13-20-36-32-18-16-28-24-31-26-33(19-17-29(31)23-30(28)25-32)37-21-14-11-12-15-22-38-34(35)27(2)3/h16-19,23-26H,2,4-15,20-22H2,1,3H3. The van der Waals surface area contributed by atoms with E-state index in [1.807, 2.05) is 6.07 Å². The van der Waals surface area contributed by atoms with Crippen molar-refractivity contribution < 1.29 is 19.0 Å². The summed E-state index contributed by atoms with van der Waals surface area (Å²) in [7, 11) is 0. The zero-order valence-electron chi connectivity index (χ0n) is 23.6. The lowest BCUT2D eigenvalue weighted by Gasteiger charge is -2.10. The summed E-state index contributed by atoms with van der Waals surface area (Å²) in [5, 5.41) is 4.80. The molecule has 38 heavy (non-hydrogen) atoms. The lowest BCUT2D eigenvalue weighted by Crippen LogP contribution is -2.06. The maximum absolute atomic E-state index is 11.4. The number of esters is 1. The Morgan fingerprint density at radius 3 is 1.53 bits per heavy atom. The molecule has 0 aliphatic rings. The zero-order valence-corrected chi connectivity index (χ0v) is 23.6. The Morgan fingerprint density at radius 1 is 0.605 bits per heavy atom. The fraction of sp³-hybridized carbons (Fsp3) is 0.500. The molecule has 0 spiro atoms.